The summed E-state index contributed by atoms with van der Waals surface area (Å²) >= 11 is 0. The molecular weight excluding hydrogens is 269 g/mol. The molecule has 0 fully saturated rings. The first-order valence-electron chi connectivity index (χ1n) is 6.66. The van der Waals surface area contributed by atoms with Crippen LogP contribution in [0.15, 0.2) is 42.5 Å². The number of carbonyl (C=O) groups excluding carboxylic acids is 1. The lowest BCUT2D eigenvalue weighted by molar-refractivity contribution is 0.209. The van der Waals surface area contributed by atoms with Crippen molar-refractivity contribution >= 4 is 6.09 Å². The highest BCUT2D eigenvalue weighted by Gasteiger charge is 2.15. The first kappa shape index (κ1) is 15.0. The van der Waals surface area contributed by atoms with Crippen LogP contribution < -0.4 is 10.5 Å². The molecule has 110 valence electrons. The maximum Gasteiger partial charge on any atom is 0.410 e. The number of halogens is 1. The lowest BCUT2D eigenvalue weighted by atomic mass is 9.86. The topological polar surface area (TPSA) is 52.3 Å². The molecule has 0 atom stereocenters. The highest BCUT2D eigenvalue weighted by molar-refractivity contribution is 5.71. The Morgan fingerprint density at radius 2 is 1.71 bits per heavy atom. The molecule has 0 unspecified atom stereocenters. The van der Waals surface area contributed by atoms with Crippen LogP contribution in [0.5, 0.6) is 5.75 Å². The van der Waals surface area contributed by atoms with Crippen molar-refractivity contribution in [2.45, 2.75) is 26.2 Å². The number of carbonyl (C=O) groups is 1. The van der Waals surface area contributed by atoms with Gasteiger partial charge >= 0.3 is 6.09 Å². The van der Waals surface area contributed by atoms with Gasteiger partial charge in [0, 0.05) is 5.56 Å². The molecule has 0 radical (unpaired) electrons. The number of amides is 1. The molecule has 4 heteroatoms. The van der Waals surface area contributed by atoms with Crippen LogP contribution in [0, 0.1) is 5.82 Å². The standard InChI is InChI=1S/C17H18FNO2/c1-17(2,3)12-9-7-11(8-10-12)13-5-4-6-14(15(13)18)21-16(19)20/h4-10H,1-3H3,(H2,19,20). The maximum absolute atomic E-state index is 14.3. The van der Waals surface area contributed by atoms with Crippen molar-refractivity contribution < 1.29 is 13.9 Å². The highest BCUT2D eigenvalue weighted by Crippen LogP contribution is 2.31. The Bertz CT molecular complexity index is 657. The Morgan fingerprint density at radius 1 is 1.10 bits per heavy atom. The van der Waals surface area contributed by atoms with E-state index in [-0.39, 0.29) is 11.2 Å². The van der Waals surface area contributed by atoms with Gasteiger partial charge in [-0.05, 0) is 22.6 Å². The van der Waals surface area contributed by atoms with E-state index >= 15 is 0 Å². The van der Waals surface area contributed by atoms with E-state index in [1.54, 1.807) is 12.1 Å². The molecule has 2 aromatic rings. The first-order chi connectivity index (χ1) is 9.79. The third-order valence-corrected chi connectivity index (χ3v) is 3.24. The minimum absolute atomic E-state index is 0.0357. The first-order valence-corrected chi connectivity index (χ1v) is 6.66. The smallest absolute Gasteiger partial charge is 0.407 e. The van der Waals surface area contributed by atoms with E-state index in [1.165, 1.54) is 6.07 Å². The van der Waals surface area contributed by atoms with Crippen LogP contribution >= 0.6 is 0 Å². The van der Waals surface area contributed by atoms with Crippen LogP contribution in [0.4, 0.5) is 9.18 Å². The SMILES string of the molecule is CC(C)(C)c1ccc(-c2cccc(OC(N)=O)c2F)cc1. The summed E-state index contributed by atoms with van der Waals surface area (Å²) in [6.07, 6.45) is -1.03. The molecule has 2 rings (SSSR count). The van der Waals surface area contributed by atoms with Gasteiger partial charge in [-0.2, -0.15) is 0 Å². The summed E-state index contributed by atoms with van der Waals surface area (Å²) < 4.78 is 19.0. The quantitative estimate of drug-likeness (QED) is 0.897. The third kappa shape index (κ3) is 3.40. The molecule has 0 aliphatic heterocycles. The lowest BCUT2D eigenvalue weighted by Gasteiger charge is -2.19. The molecule has 3 nitrogen and oxygen atoms in total. The van der Waals surface area contributed by atoms with Crippen LogP contribution in [-0.4, -0.2) is 6.09 Å². The number of primary amides is 1. The Labute approximate surface area is 123 Å². The Balaban J connectivity index is 2.40. The Kier molecular flexibility index (Phi) is 3.98. The van der Waals surface area contributed by atoms with Gasteiger partial charge in [0.05, 0.1) is 0 Å². The summed E-state index contributed by atoms with van der Waals surface area (Å²) in [6.45, 7) is 6.34. The summed E-state index contributed by atoms with van der Waals surface area (Å²) in [5, 5.41) is 0. The minimum Gasteiger partial charge on any atom is -0.407 e. The molecular formula is C17H18FNO2. The average molecular weight is 287 g/mol. The van der Waals surface area contributed by atoms with Crippen molar-refractivity contribution in [1.29, 1.82) is 0 Å². The molecule has 2 aromatic carbocycles. The van der Waals surface area contributed by atoms with Gasteiger partial charge in [0.25, 0.3) is 0 Å². The van der Waals surface area contributed by atoms with Gasteiger partial charge in [0.2, 0.25) is 0 Å². The molecule has 0 heterocycles. The highest BCUT2D eigenvalue weighted by atomic mass is 19.1. The second kappa shape index (κ2) is 5.56. The van der Waals surface area contributed by atoms with E-state index in [9.17, 15) is 9.18 Å². The van der Waals surface area contributed by atoms with Gasteiger partial charge in [-0.15, -0.1) is 0 Å². The molecule has 1 amide bonds. The van der Waals surface area contributed by atoms with Gasteiger partial charge < -0.3 is 10.5 Å². The molecule has 0 aliphatic rings. The van der Waals surface area contributed by atoms with E-state index < -0.39 is 11.9 Å². The fourth-order valence-electron chi connectivity index (χ4n) is 2.07. The molecule has 21 heavy (non-hydrogen) atoms. The second-order valence-electron chi connectivity index (χ2n) is 5.87. The summed E-state index contributed by atoms with van der Waals surface area (Å²) in [5.74, 6) is -0.764. The maximum atomic E-state index is 14.3. The van der Waals surface area contributed by atoms with Crippen molar-refractivity contribution in [2.24, 2.45) is 5.73 Å². The largest absolute Gasteiger partial charge is 0.410 e. The van der Waals surface area contributed by atoms with Gasteiger partial charge in [0.15, 0.2) is 11.6 Å². The average Bonchev–Trinajstić information content (AvgIpc) is 2.40. The minimum atomic E-state index is -1.03. The van der Waals surface area contributed by atoms with Crippen molar-refractivity contribution in [2.75, 3.05) is 0 Å². The fourth-order valence-corrected chi connectivity index (χ4v) is 2.07. The number of benzene rings is 2. The molecule has 0 saturated heterocycles. The van der Waals surface area contributed by atoms with Gasteiger partial charge in [0.1, 0.15) is 0 Å². The van der Waals surface area contributed by atoms with E-state index in [0.717, 1.165) is 11.1 Å². The normalized spacial score (nSPS) is 11.2. The molecule has 0 saturated carbocycles. The third-order valence-electron chi connectivity index (χ3n) is 3.24. The molecule has 0 aromatic heterocycles. The fraction of sp³-hybridized carbons (Fsp3) is 0.235. The van der Waals surface area contributed by atoms with Crippen molar-refractivity contribution in [3.8, 4) is 16.9 Å². The second-order valence-corrected chi connectivity index (χ2v) is 5.87. The predicted octanol–water partition coefficient (Wildman–Crippen LogP) is 4.25. The molecule has 0 aliphatic carbocycles. The van der Waals surface area contributed by atoms with Crippen LogP contribution in [0.2, 0.25) is 0 Å². The summed E-state index contributed by atoms with van der Waals surface area (Å²) in [5.41, 5.74) is 7.21. The summed E-state index contributed by atoms with van der Waals surface area (Å²) in [4.78, 5) is 10.8. The number of rotatable bonds is 2. The number of hydrogen-bond donors (Lipinski definition) is 1. The van der Waals surface area contributed by atoms with Crippen LogP contribution in [0.25, 0.3) is 11.1 Å². The van der Waals surface area contributed by atoms with Crippen molar-refractivity contribution in [3.05, 3.63) is 53.8 Å². The summed E-state index contributed by atoms with van der Waals surface area (Å²) in [6, 6.07) is 12.3. The molecule has 0 spiro atoms. The lowest BCUT2D eigenvalue weighted by Crippen LogP contribution is -2.17. The van der Waals surface area contributed by atoms with Crippen LogP contribution in [-0.2, 0) is 5.41 Å². The van der Waals surface area contributed by atoms with E-state index in [4.69, 9.17) is 5.73 Å². The predicted molar refractivity (Wildman–Crippen MR) is 80.7 cm³/mol. The zero-order valence-corrected chi connectivity index (χ0v) is 12.3. The van der Waals surface area contributed by atoms with Crippen LogP contribution in [0.3, 0.4) is 0 Å². The monoisotopic (exact) mass is 287 g/mol. The number of hydrogen-bond acceptors (Lipinski definition) is 2. The molecule has 2 N–H and O–H groups in total. The number of nitrogens with two attached hydrogens (primary N) is 1. The van der Waals surface area contributed by atoms with Crippen molar-refractivity contribution in [3.63, 3.8) is 0 Å². The Morgan fingerprint density at radius 3 is 2.24 bits per heavy atom. The van der Waals surface area contributed by atoms with Gasteiger partial charge in [-0.25, -0.2) is 9.18 Å². The Hall–Kier alpha value is -2.36. The van der Waals surface area contributed by atoms with Gasteiger partial charge in [-0.3, -0.25) is 0 Å². The zero-order valence-electron chi connectivity index (χ0n) is 12.3. The van der Waals surface area contributed by atoms with E-state index in [2.05, 4.69) is 25.5 Å². The zero-order chi connectivity index (χ0) is 15.6. The molecule has 0 bridgehead atoms. The van der Waals surface area contributed by atoms with Crippen molar-refractivity contribution in [1.82, 2.24) is 0 Å². The number of ether oxygens (including phenoxy) is 1. The van der Waals surface area contributed by atoms with Gasteiger partial charge in [-0.1, -0.05) is 57.2 Å². The van der Waals surface area contributed by atoms with E-state index in [1.807, 2.05) is 24.3 Å². The summed E-state index contributed by atoms with van der Waals surface area (Å²) in [7, 11) is 0. The van der Waals surface area contributed by atoms with E-state index in [0.29, 0.717) is 5.56 Å². The van der Waals surface area contributed by atoms with Crippen LogP contribution in [0.1, 0.15) is 26.3 Å².